The van der Waals surface area contributed by atoms with Gasteiger partial charge in [0.2, 0.25) is 0 Å². The highest BCUT2D eigenvalue weighted by Gasteiger charge is 2.13. The fraction of sp³-hybridized carbons (Fsp3) is 0.588. The van der Waals surface area contributed by atoms with E-state index in [1.54, 1.807) is 6.92 Å². The third kappa shape index (κ3) is 9.32. The molecule has 0 spiro atoms. The van der Waals surface area contributed by atoms with Crippen molar-refractivity contribution >= 4 is 40.1 Å². The Morgan fingerprint density at radius 2 is 2.26 bits per heavy atom. The van der Waals surface area contributed by atoms with Crippen molar-refractivity contribution in [3.63, 3.8) is 0 Å². The molecule has 0 amide bonds. The average molecular weight is 376 g/mol. The number of terminal acetylenes is 1. The maximum atomic E-state index is 10.9. The minimum absolute atomic E-state index is 0.0474. The number of hydrogen-bond acceptors (Lipinski definition) is 4. The van der Waals surface area contributed by atoms with Gasteiger partial charge in [-0.25, -0.2) is 0 Å². The molecule has 0 aromatic rings. The summed E-state index contributed by atoms with van der Waals surface area (Å²) in [6.07, 6.45) is 11.6. The summed E-state index contributed by atoms with van der Waals surface area (Å²) in [4.78, 5) is 13.1. The number of carbonyl (C=O) groups excluding carboxylic acids is 1. The predicted molar refractivity (Wildman–Crippen MR) is 99.9 cm³/mol. The van der Waals surface area contributed by atoms with Crippen LogP contribution >= 0.6 is 35.0 Å². The van der Waals surface area contributed by atoms with Crippen molar-refractivity contribution in [3.05, 3.63) is 22.9 Å². The first-order chi connectivity index (χ1) is 11.0. The molecule has 23 heavy (non-hydrogen) atoms. The van der Waals surface area contributed by atoms with Gasteiger partial charge in [0.05, 0.1) is 23.6 Å². The summed E-state index contributed by atoms with van der Waals surface area (Å²) in [6, 6.07) is 0. The van der Waals surface area contributed by atoms with Gasteiger partial charge >= 0.3 is 0 Å². The Bertz CT molecular complexity index is 485. The van der Waals surface area contributed by atoms with E-state index in [0.717, 1.165) is 31.7 Å². The summed E-state index contributed by atoms with van der Waals surface area (Å²) in [5.41, 5.74) is 0. The van der Waals surface area contributed by atoms with E-state index >= 15 is 0 Å². The number of carbonyl (C=O) groups is 1. The van der Waals surface area contributed by atoms with Crippen molar-refractivity contribution in [2.24, 2.45) is 0 Å². The Labute approximate surface area is 153 Å². The van der Waals surface area contributed by atoms with Crippen LogP contribution in [0.5, 0.6) is 0 Å². The third-order valence-electron chi connectivity index (χ3n) is 3.21. The molecule has 6 heteroatoms. The fourth-order valence-electron chi connectivity index (χ4n) is 2.12. The van der Waals surface area contributed by atoms with Gasteiger partial charge in [0, 0.05) is 25.6 Å². The number of nitrogens with zero attached hydrogens (tertiary/aromatic N) is 1. The van der Waals surface area contributed by atoms with Crippen LogP contribution in [0.25, 0.3) is 0 Å². The van der Waals surface area contributed by atoms with Crippen LogP contribution in [-0.2, 0) is 9.53 Å². The zero-order chi connectivity index (χ0) is 17.1. The smallest absolute Gasteiger partial charge is 0.185 e. The van der Waals surface area contributed by atoms with Crippen molar-refractivity contribution in [2.75, 3.05) is 32.0 Å². The van der Waals surface area contributed by atoms with E-state index in [4.69, 9.17) is 34.4 Å². The molecule has 0 aliphatic heterocycles. The molecule has 1 rings (SSSR count). The number of thioether (sulfide) groups is 1. The van der Waals surface area contributed by atoms with E-state index in [0.29, 0.717) is 30.4 Å². The van der Waals surface area contributed by atoms with Gasteiger partial charge in [-0.1, -0.05) is 35.4 Å². The highest BCUT2D eigenvalue weighted by molar-refractivity contribution is 8.13. The Morgan fingerprint density at radius 1 is 1.52 bits per heavy atom. The van der Waals surface area contributed by atoms with Gasteiger partial charge < -0.3 is 4.74 Å². The number of ether oxygens (including phenoxy) is 1. The Morgan fingerprint density at radius 3 is 2.91 bits per heavy atom. The van der Waals surface area contributed by atoms with Gasteiger partial charge in [-0.3, -0.25) is 9.69 Å². The van der Waals surface area contributed by atoms with Crippen LogP contribution in [0.3, 0.4) is 0 Å². The normalized spacial score (nSPS) is 17.4. The maximum Gasteiger partial charge on any atom is 0.185 e. The van der Waals surface area contributed by atoms with Crippen molar-refractivity contribution < 1.29 is 9.53 Å². The quantitative estimate of drug-likeness (QED) is 0.327. The molecule has 1 unspecified atom stereocenters. The van der Waals surface area contributed by atoms with Crippen LogP contribution in [-0.4, -0.2) is 47.4 Å². The molecule has 1 atom stereocenters. The van der Waals surface area contributed by atoms with Gasteiger partial charge in [0.25, 0.3) is 0 Å². The summed E-state index contributed by atoms with van der Waals surface area (Å²) in [5.74, 6) is 4.22. The van der Waals surface area contributed by atoms with Crippen LogP contribution in [0.4, 0.5) is 0 Å². The van der Waals surface area contributed by atoms with Gasteiger partial charge in [0.1, 0.15) is 5.76 Å². The Kier molecular flexibility index (Phi) is 10.5. The molecule has 0 N–H and O–H groups in total. The van der Waals surface area contributed by atoms with Crippen molar-refractivity contribution in [1.82, 2.24) is 4.90 Å². The first kappa shape index (κ1) is 20.4. The van der Waals surface area contributed by atoms with Gasteiger partial charge in [-0.05, 0) is 25.5 Å². The lowest BCUT2D eigenvalue weighted by molar-refractivity contribution is -0.109. The fourth-order valence-corrected chi connectivity index (χ4v) is 3.27. The number of allylic oxidation sites excluding steroid dienone is 3. The molecule has 1 aliphatic rings. The first-order valence-corrected chi connectivity index (χ1v) is 9.45. The summed E-state index contributed by atoms with van der Waals surface area (Å²) in [6.45, 7) is 4.55. The highest BCUT2D eigenvalue weighted by atomic mass is 35.5. The largest absolute Gasteiger partial charge is 0.492 e. The van der Waals surface area contributed by atoms with Crippen molar-refractivity contribution in [2.45, 2.75) is 31.6 Å². The molecular weight excluding hydrogens is 353 g/mol. The molecule has 1 aliphatic carbocycles. The Balaban J connectivity index is 2.22. The van der Waals surface area contributed by atoms with Crippen LogP contribution in [0.1, 0.15) is 26.2 Å². The summed E-state index contributed by atoms with van der Waals surface area (Å²) in [5, 5.41) is 0.787. The summed E-state index contributed by atoms with van der Waals surface area (Å²) >= 11 is 13.5. The lowest BCUT2D eigenvalue weighted by Crippen LogP contribution is -2.27. The second-order valence-electron chi connectivity index (χ2n) is 5.22. The van der Waals surface area contributed by atoms with Gasteiger partial charge in [-0.2, -0.15) is 0 Å². The van der Waals surface area contributed by atoms with E-state index in [1.165, 1.54) is 11.8 Å². The van der Waals surface area contributed by atoms with Crippen LogP contribution in [0.15, 0.2) is 22.9 Å². The highest BCUT2D eigenvalue weighted by Crippen LogP contribution is 2.26. The number of alkyl halides is 1. The molecule has 0 fully saturated rings. The van der Waals surface area contributed by atoms with Crippen LogP contribution in [0, 0.1) is 12.3 Å². The Hall–Kier alpha value is -0.600. The molecule has 0 aromatic carbocycles. The molecule has 0 saturated heterocycles. The third-order valence-corrected chi connectivity index (χ3v) is 4.75. The molecule has 0 heterocycles. The number of halogens is 2. The summed E-state index contributed by atoms with van der Waals surface area (Å²) in [7, 11) is 0. The van der Waals surface area contributed by atoms with Crippen LogP contribution < -0.4 is 0 Å². The van der Waals surface area contributed by atoms with Crippen LogP contribution in [0.2, 0.25) is 0 Å². The van der Waals surface area contributed by atoms with Gasteiger partial charge in [-0.15, -0.1) is 18.0 Å². The monoisotopic (exact) mass is 375 g/mol. The lowest BCUT2D eigenvalue weighted by Gasteiger charge is -2.20. The van der Waals surface area contributed by atoms with Crippen molar-refractivity contribution in [3.8, 4) is 12.3 Å². The second kappa shape index (κ2) is 11.9. The molecule has 0 bridgehead atoms. The number of hydrogen-bond donors (Lipinski definition) is 0. The maximum absolute atomic E-state index is 10.9. The minimum atomic E-state index is -0.0474. The van der Waals surface area contributed by atoms with Crippen molar-refractivity contribution in [1.29, 1.82) is 0 Å². The van der Waals surface area contributed by atoms with E-state index in [-0.39, 0.29) is 10.5 Å². The SMILES string of the molecule is C#CCN(CCCOC1=C(Cl)CC(Cl)C=C1)CCCSC(C)=O. The lowest BCUT2D eigenvalue weighted by atomic mass is 10.1. The van der Waals surface area contributed by atoms with E-state index < -0.39 is 0 Å². The topological polar surface area (TPSA) is 29.5 Å². The average Bonchev–Trinajstić information content (AvgIpc) is 2.49. The van der Waals surface area contributed by atoms with E-state index in [1.807, 2.05) is 12.2 Å². The van der Waals surface area contributed by atoms with Gasteiger partial charge in [0.15, 0.2) is 5.12 Å². The van der Waals surface area contributed by atoms with E-state index in [2.05, 4.69) is 10.8 Å². The standard InChI is InChI=1S/C17H23Cl2NO2S/c1-3-8-20(10-5-12-23-14(2)21)9-4-11-22-17-7-6-15(18)13-16(17)19/h1,6-7,15H,4-5,8-13H2,2H3. The first-order valence-electron chi connectivity index (χ1n) is 7.65. The zero-order valence-corrected chi connectivity index (χ0v) is 15.7. The molecular formula is C17H23Cl2NO2S. The molecule has 128 valence electrons. The number of rotatable bonds is 10. The molecule has 3 nitrogen and oxygen atoms in total. The minimum Gasteiger partial charge on any atom is -0.492 e. The molecule has 0 saturated carbocycles. The summed E-state index contributed by atoms with van der Waals surface area (Å²) < 4.78 is 5.70. The zero-order valence-electron chi connectivity index (χ0n) is 13.4. The van der Waals surface area contributed by atoms with E-state index in [9.17, 15) is 4.79 Å². The second-order valence-corrected chi connectivity index (χ2v) is 7.51. The molecule has 0 aromatic heterocycles. The predicted octanol–water partition coefficient (Wildman–Crippen LogP) is 4.02. The molecule has 0 radical (unpaired) electrons.